The van der Waals surface area contributed by atoms with E-state index in [1.54, 1.807) is 28.5 Å². The monoisotopic (exact) mass is 401 g/mol. The molecule has 0 spiro atoms. The fraction of sp³-hybridized carbons (Fsp3) is 0.400. The minimum absolute atomic E-state index is 0.0474. The third-order valence-corrected chi connectivity index (χ3v) is 5.94. The first-order chi connectivity index (χ1) is 13.7. The first kappa shape index (κ1) is 18.9. The summed E-state index contributed by atoms with van der Waals surface area (Å²) in [4.78, 5) is 16.2. The number of amides is 1. The van der Waals surface area contributed by atoms with Gasteiger partial charge in [0.15, 0.2) is 11.5 Å². The fourth-order valence-corrected chi connectivity index (χ4v) is 4.25. The van der Waals surface area contributed by atoms with Crippen LogP contribution in [0.25, 0.3) is 0 Å². The lowest BCUT2D eigenvalue weighted by molar-refractivity contribution is -0.135. The van der Waals surface area contributed by atoms with Gasteiger partial charge in [-0.05, 0) is 29.1 Å². The van der Waals surface area contributed by atoms with E-state index in [1.165, 1.54) is 7.11 Å². The number of morpholine rings is 1. The van der Waals surface area contributed by atoms with Crippen molar-refractivity contribution < 1.29 is 19.4 Å². The first-order valence-electron chi connectivity index (χ1n) is 9.26. The van der Waals surface area contributed by atoms with E-state index in [4.69, 9.17) is 9.47 Å². The van der Waals surface area contributed by atoms with E-state index >= 15 is 0 Å². The molecule has 8 heteroatoms. The first-order valence-corrected chi connectivity index (χ1v) is 10.1. The zero-order valence-electron chi connectivity index (χ0n) is 15.7. The number of rotatable bonds is 5. The van der Waals surface area contributed by atoms with Crippen LogP contribution in [0.15, 0.2) is 40.8 Å². The second kappa shape index (κ2) is 8.30. The van der Waals surface area contributed by atoms with Gasteiger partial charge in [-0.15, -0.1) is 11.3 Å². The molecule has 0 aliphatic carbocycles. The molecule has 0 saturated carbocycles. The Bertz CT molecular complexity index is 862. The van der Waals surface area contributed by atoms with E-state index < -0.39 is 0 Å². The maximum absolute atomic E-state index is 13.1. The van der Waals surface area contributed by atoms with Gasteiger partial charge in [0.1, 0.15) is 0 Å². The van der Waals surface area contributed by atoms with Gasteiger partial charge in [0.25, 0.3) is 5.91 Å². The number of phenolic OH excluding ortho intramolecular Hbond substituents is 1. The van der Waals surface area contributed by atoms with Crippen molar-refractivity contribution in [1.29, 1.82) is 0 Å². The molecule has 2 aliphatic rings. The van der Waals surface area contributed by atoms with Crippen molar-refractivity contribution in [3.63, 3.8) is 0 Å². The largest absolute Gasteiger partial charge is 0.504 e. The van der Waals surface area contributed by atoms with Gasteiger partial charge in [-0.1, -0.05) is 12.1 Å². The number of nitrogens with zero attached hydrogens (tertiary/aromatic N) is 3. The molecule has 4 rings (SSSR count). The summed E-state index contributed by atoms with van der Waals surface area (Å²) in [6, 6.07) is 9.01. The van der Waals surface area contributed by atoms with Crippen LogP contribution in [0.2, 0.25) is 0 Å². The Balaban J connectivity index is 1.60. The molecule has 28 heavy (non-hydrogen) atoms. The third-order valence-electron chi connectivity index (χ3n) is 5.02. The van der Waals surface area contributed by atoms with Crippen LogP contribution in [0.3, 0.4) is 0 Å². The van der Waals surface area contributed by atoms with Crippen LogP contribution in [-0.4, -0.2) is 66.6 Å². The summed E-state index contributed by atoms with van der Waals surface area (Å²) in [6.45, 7) is 3.09. The van der Waals surface area contributed by atoms with Crippen LogP contribution in [0.1, 0.15) is 22.9 Å². The SMILES string of the molecule is COc1ccc(C2CC(c3cccs3)=NN2C(=O)CN2CCOCC2)cc1O. The van der Waals surface area contributed by atoms with Gasteiger partial charge in [0.2, 0.25) is 0 Å². The number of hydrogen-bond acceptors (Lipinski definition) is 7. The molecule has 1 saturated heterocycles. The fourth-order valence-electron chi connectivity index (χ4n) is 3.53. The minimum Gasteiger partial charge on any atom is -0.504 e. The predicted molar refractivity (Wildman–Crippen MR) is 107 cm³/mol. The van der Waals surface area contributed by atoms with Gasteiger partial charge >= 0.3 is 0 Å². The van der Waals surface area contributed by atoms with E-state index in [1.807, 2.05) is 23.6 Å². The van der Waals surface area contributed by atoms with Crippen LogP contribution in [0.4, 0.5) is 0 Å². The Morgan fingerprint density at radius 1 is 1.36 bits per heavy atom. The Hall–Kier alpha value is -2.42. The molecule has 148 valence electrons. The lowest BCUT2D eigenvalue weighted by Gasteiger charge is -2.29. The van der Waals surface area contributed by atoms with Crippen molar-refractivity contribution in [3.8, 4) is 11.5 Å². The Kier molecular flexibility index (Phi) is 5.61. The number of carbonyl (C=O) groups is 1. The van der Waals surface area contributed by atoms with E-state index in [-0.39, 0.29) is 17.7 Å². The molecule has 2 aromatic rings. The summed E-state index contributed by atoms with van der Waals surface area (Å²) in [5.41, 5.74) is 1.73. The summed E-state index contributed by atoms with van der Waals surface area (Å²) >= 11 is 1.61. The molecule has 2 aliphatic heterocycles. The number of aromatic hydroxyl groups is 1. The molecule has 1 aromatic carbocycles. The van der Waals surface area contributed by atoms with Crippen LogP contribution in [0, 0.1) is 0 Å². The predicted octanol–water partition coefficient (Wildman–Crippen LogP) is 2.47. The second-order valence-electron chi connectivity index (χ2n) is 6.80. The van der Waals surface area contributed by atoms with Gasteiger partial charge in [-0.25, -0.2) is 5.01 Å². The number of benzene rings is 1. The Morgan fingerprint density at radius 3 is 2.86 bits per heavy atom. The highest BCUT2D eigenvalue weighted by molar-refractivity contribution is 7.12. The average molecular weight is 401 g/mol. The second-order valence-corrected chi connectivity index (χ2v) is 7.75. The molecule has 1 fully saturated rings. The van der Waals surface area contributed by atoms with Gasteiger partial charge in [0, 0.05) is 19.5 Å². The topological polar surface area (TPSA) is 74.6 Å². The lowest BCUT2D eigenvalue weighted by Crippen LogP contribution is -2.43. The number of methoxy groups -OCH3 is 1. The minimum atomic E-state index is -0.248. The number of carbonyl (C=O) groups excluding carboxylic acids is 1. The van der Waals surface area contributed by atoms with Crippen molar-refractivity contribution in [2.45, 2.75) is 12.5 Å². The number of hydrogen-bond donors (Lipinski definition) is 1. The molecule has 0 bridgehead atoms. The highest BCUT2D eigenvalue weighted by Gasteiger charge is 2.34. The summed E-state index contributed by atoms with van der Waals surface area (Å²) in [5.74, 6) is 0.422. The maximum Gasteiger partial charge on any atom is 0.257 e. The molecule has 7 nitrogen and oxygen atoms in total. The standard InChI is InChI=1S/C20H23N3O4S/c1-26-18-5-4-14(11-17(18)24)16-12-15(19-3-2-10-28-19)21-23(16)20(25)13-22-6-8-27-9-7-22/h2-5,10-11,16,24H,6-9,12-13H2,1H3. The maximum atomic E-state index is 13.1. The molecule has 1 amide bonds. The van der Waals surface area contributed by atoms with Gasteiger partial charge in [-0.3, -0.25) is 9.69 Å². The third kappa shape index (κ3) is 3.89. The Labute approximate surface area is 167 Å². The van der Waals surface area contributed by atoms with Gasteiger partial charge in [0.05, 0.1) is 43.5 Å². The molecule has 1 N–H and O–H groups in total. The summed E-state index contributed by atoms with van der Waals surface area (Å²) < 4.78 is 10.5. The number of thiophene rings is 1. The average Bonchev–Trinajstić information content (AvgIpc) is 3.38. The summed E-state index contributed by atoms with van der Waals surface area (Å²) in [7, 11) is 1.51. The van der Waals surface area contributed by atoms with E-state index in [9.17, 15) is 9.90 Å². The molecule has 1 aromatic heterocycles. The Morgan fingerprint density at radius 2 is 2.18 bits per heavy atom. The smallest absolute Gasteiger partial charge is 0.257 e. The van der Waals surface area contributed by atoms with Crippen molar-refractivity contribution in [3.05, 3.63) is 46.2 Å². The summed E-state index contributed by atoms with van der Waals surface area (Å²) in [6.07, 6.45) is 0.612. The zero-order valence-corrected chi connectivity index (χ0v) is 16.5. The van der Waals surface area contributed by atoms with Crippen molar-refractivity contribution >= 4 is 23.0 Å². The highest BCUT2D eigenvalue weighted by Crippen LogP contribution is 2.37. The molecule has 0 radical (unpaired) electrons. The van der Waals surface area contributed by atoms with E-state index in [0.29, 0.717) is 31.9 Å². The zero-order chi connectivity index (χ0) is 19.5. The molecular formula is C20H23N3O4S. The lowest BCUT2D eigenvalue weighted by atomic mass is 10.0. The van der Waals surface area contributed by atoms with Gasteiger partial charge < -0.3 is 14.6 Å². The van der Waals surface area contributed by atoms with Crippen LogP contribution >= 0.6 is 11.3 Å². The normalized spacial score (nSPS) is 20.2. The van der Waals surface area contributed by atoms with E-state index in [0.717, 1.165) is 29.2 Å². The quantitative estimate of drug-likeness (QED) is 0.833. The van der Waals surface area contributed by atoms with Crippen LogP contribution in [0.5, 0.6) is 11.5 Å². The van der Waals surface area contributed by atoms with Crippen molar-refractivity contribution in [2.24, 2.45) is 5.10 Å². The summed E-state index contributed by atoms with van der Waals surface area (Å²) in [5, 5.41) is 18.4. The molecular weight excluding hydrogens is 378 g/mol. The number of hydrazone groups is 1. The van der Waals surface area contributed by atoms with Crippen molar-refractivity contribution in [1.82, 2.24) is 9.91 Å². The van der Waals surface area contributed by atoms with Crippen LogP contribution < -0.4 is 4.74 Å². The van der Waals surface area contributed by atoms with Crippen LogP contribution in [-0.2, 0) is 9.53 Å². The van der Waals surface area contributed by atoms with Crippen molar-refractivity contribution in [2.75, 3.05) is 40.0 Å². The number of ether oxygens (including phenoxy) is 2. The molecule has 1 unspecified atom stereocenters. The van der Waals surface area contributed by atoms with Gasteiger partial charge in [-0.2, -0.15) is 5.10 Å². The number of phenols is 1. The highest BCUT2D eigenvalue weighted by atomic mass is 32.1. The molecule has 3 heterocycles. The molecule has 1 atom stereocenters. The van der Waals surface area contributed by atoms with E-state index in [2.05, 4.69) is 10.0 Å².